The highest BCUT2D eigenvalue weighted by molar-refractivity contribution is 6.10. The van der Waals surface area contributed by atoms with Gasteiger partial charge in [-0.15, -0.1) is 0 Å². The number of benzene rings is 2. The monoisotopic (exact) mass is 374 g/mol. The van der Waals surface area contributed by atoms with E-state index in [0.29, 0.717) is 5.56 Å². The summed E-state index contributed by atoms with van der Waals surface area (Å²) < 4.78 is 43.5. The maximum Gasteiger partial charge on any atom is 0.418 e. The lowest BCUT2D eigenvalue weighted by atomic mass is 10.1. The van der Waals surface area contributed by atoms with Gasteiger partial charge in [-0.25, -0.2) is 4.79 Å². The lowest BCUT2D eigenvalue weighted by molar-refractivity contribution is -0.137. The minimum atomic E-state index is -4.65. The highest BCUT2D eigenvalue weighted by atomic mass is 19.4. The van der Waals surface area contributed by atoms with Gasteiger partial charge in [0.05, 0.1) is 23.9 Å². The average molecular weight is 374 g/mol. The number of halogens is 3. The molecule has 0 aliphatic carbocycles. The number of carbonyl (C=O) groups is 2. The molecule has 0 aliphatic rings. The van der Waals surface area contributed by atoms with Crippen molar-refractivity contribution in [3.63, 3.8) is 0 Å². The number of esters is 1. The summed E-state index contributed by atoms with van der Waals surface area (Å²) in [6.07, 6.45) is -3.45. The fourth-order valence-corrected chi connectivity index (χ4v) is 2.18. The van der Waals surface area contributed by atoms with Gasteiger partial charge in [0.25, 0.3) is 5.91 Å². The topological polar surface area (TPSA) is 79.2 Å². The molecule has 27 heavy (non-hydrogen) atoms. The van der Waals surface area contributed by atoms with E-state index in [1.165, 1.54) is 49.6 Å². The first-order valence-corrected chi connectivity index (χ1v) is 7.54. The third-order valence-electron chi connectivity index (χ3n) is 3.49. The van der Waals surface area contributed by atoms with Gasteiger partial charge in [0.2, 0.25) is 0 Å². The zero-order valence-electron chi connectivity index (χ0n) is 14.0. The zero-order valence-corrected chi connectivity index (χ0v) is 14.0. The normalized spacial score (nSPS) is 11.4. The molecule has 2 aromatic rings. The van der Waals surface area contributed by atoms with Gasteiger partial charge in [0.1, 0.15) is 11.6 Å². The summed E-state index contributed by atoms with van der Waals surface area (Å²) in [4.78, 5) is 23.6. The number of carbonyl (C=O) groups excluding carboxylic acids is 2. The average Bonchev–Trinajstić information content (AvgIpc) is 2.65. The van der Waals surface area contributed by atoms with Crippen molar-refractivity contribution < 1.29 is 27.5 Å². The lowest BCUT2D eigenvalue weighted by Crippen LogP contribution is -2.17. The number of nitriles is 1. The van der Waals surface area contributed by atoms with Crippen molar-refractivity contribution in [2.24, 2.45) is 0 Å². The Kier molecular flexibility index (Phi) is 5.98. The first kappa shape index (κ1) is 19.7. The number of nitrogens with one attached hydrogen (secondary N) is 1. The van der Waals surface area contributed by atoms with Gasteiger partial charge in [0, 0.05) is 0 Å². The van der Waals surface area contributed by atoms with Crippen LogP contribution in [-0.2, 0) is 15.7 Å². The van der Waals surface area contributed by atoms with E-state index in [0.717, 1.165) is 12.1 Å². The van der Waals surface area contributed by atoms with Crippen LogP contribution in [0.3, 0.4) is 0 Å². The Morgan fingerprint density at radius 2 is 1.74 bits per heavy atom. The molecule has 0 unspecified atom stereocenters. The number of hydrogen-bond acceptors (Lipinski definition) is 4. The van der Waals surface area contributed by atoms with Crippen molar-refractivity contribution >= 4 is 23.6 Å². The number of methoxy groups -OCH3 is 1. The molecule has 0 saturated heterocycles. The second kappa shape index (κ2) is 8.19. The molecule has 0 heterocycles. The number of anilines is 1. The number of nitrogens with zero attached hydrogens (tertiary/aromatic N) is 1. The second-order valence-corrected chi connectivity index (χ2v) is 5.28. The quantitative estimate of drug-likeness (QED) is 0.498. The van der Waals surface area contributed by atoms with Crippen molar-refractivity contribution in [2.75, 3.05) is 12.4 Å². The number of rotatable bonds is 4. The van der Waals surface area contributed by atoms with Crippen LogP contribution >= 0.6 is 0 Å². The minimum absolute atomic E-state index is 0.275. The van der Waals surface area contributed by atoms with Crippen LogP contribution in [0, 0.1) is 11.3 Å². The Bertz CT molecular complexity index is 926. The van der Waals surface area contributed by atoms with Gasteiger partial charge in [-0.2, -0.15) is 18.4 Å². The van der Waals surface area contributed by atoms with E-state index in [2.05, 4.69) is 10.1 Å². The van der Waals surface area contributed by atoms with Gasteiger partial charge >= 0.3 is 12.1 Å². The van der Waals surface area contributed by atoms with Crippen LogP contribution in [0.15, 0.2) is 54.1 Å². The van der Waals surface area contributed by atoms with Crippen LogP contribution < -0.4 is 5.32 Å². The molecule has 0 saturated carbocycles. The number of para-hydroxylation sites is 1. The van der Waals surface area contributed by atoms with Gasteiger partial charge in [-0.1, -0.05) is 24.3 Å². The summed E-state index contributed by atoms with van der Waals surface area (Å²) in [5, 5.41) is 11.3. The summed E-state index contributed by atoms with van der Waals surface area (Å²) in [5.41, 5.74) is -1.16. The molecule has 0 radical (unpaired) electrons. The van der Waals surface area contributed by atoms with Gasteiger partial charge in [0.15, 0.2) is 0 Å². The van der Waals surface area contributed by atoms with Crippen molar-refractivity contribution in [3.05, 3.63) is 70.8 Å². The van der Waals surface area contributed by atoms with E-state index in [-0.39, 0.29) is 5.56 Å². The number of alkyl halides is 3. The summed E-state index contributed by atoms with van der Waals surface area (Å²) in [6.45, 7) is 0. The molecule has 2 rings (SSSR count). The molecule has 1 amide bonds. The van der Waals surface area contributed by atoms with Crippen LogP contribution in [0.2, 0.25) is 0 Å². The van der Waals surface area contributed by atoms with E-state index in [1.807, 2.05) is 0 Å². The van der Waals surface area contributed by atoms with Crippen LogP contribution in [0.5, 0.6) is 0 Å². The summed E-state index contributed by atoms with van der Waals surface area (Å²) in [6, 6.07) is 11.9. The van der Waals surface area contributed by atoms with Crippen LogP contribution in [0.1, 0.15) is 21.5 Å². The lowest BCUT2D eigenvalue weighted by Gasteiger charge is -2.13. The van der Waals surface area contributed by atoms with Gasteiger partial charge in [-0.05, 0) is 35.9 Å². The predicted molar refractivity (Wildman–Crippen MR) is 91.4 cm³/mol. The maximum absolute atomic E-state index is 13.0. The second-order valence-electron chi connectivity index (χ2n) is 5.28. The Morgan fingerprint density at radius 1 is 1.11 bits per heavy atom. The molecule has 2 aromatic carbocycles. The molecule has 8 heteroatoms. The summed E-state index contributed by atoms with van der Waals surface area (Å²) in [7, 11) is 1.23. The van der Waals surface area contributed by atoms with E-state index < -0.39 is 34.9 Å². The Morgan fingerprint density at radius 3 is 2.30 bits per heavy atom. The van der Waals surface area contributed by atoms with Crippen molar-refractivity contribution in [3.8, 4) is 6.07 Å². The van der Waals surface area contributed by atoms with Crippen molar-refractivity contribution in [2.45, 2.75) is 6.18 Å². The first-order chi connectivity index (χ1) is 12.8. The van der Waals surface area contributed by atoms with Gasteiger partial charge < -0.3 is 10.1 Å². The van der Waals surface area contributed by atoms with Crippen LogP contribution in [-0.4, -0.2) is 19.0 Å². The molecule has 0 aromatic heterocycles. The van der Waals surface area contributed by atoms with Crippen molar-refractivity contribution in [1.29, 1.82) is 5.26 Å². The largest absolute Gasteiger partial charge is 0.465 e. The molecular formula is C19H13F3N2O3. The minimum Gasteiger partial charge on any atom is -0.465 e. The fraction of sp³-hybridized carbons (Fsp3) is 0.105. The van der Waals surface area contributed by atoms with Crippen molar-refractivity contribution in [1.82, 2.24) is 0 Å². The number of hydrogen-bond donors (Lipinski definition) is 1. The van der Waals surface area contributed by atoms with Crippen LogP contribution in [0.4, 0.5) is 18.9 Å². The van der Waals surface area contributed by atoms with E-state index >= 15 is 0 Å². The molecule has 138 valence electrons. The highest BCUT2D eigenvalue weighted by Gasteiger charge is 2.33. The van der Waals surface area contributed by atoms with E-state index in [1.54, 1.807) is 6.07 Å². The molecule has 0 atom stereocenters. The smallest absolute Gasteiger partial charge is 0.418 e. The molecule has 0 aliphatic heterocycles. The fourth-order valence-electron chi connectivity index (χ4n) is 2.18. The SMILES string of the molecule is COC(=O)c1ccc(/C=C(/C#N)C(=O)Nc2ccccc2C(F)(F)F)cc1. The molecule has 1 N–H and O–H groups in total. The van der Waals surface area contributed by atoms with E-state index in [9.17, 15) is 28.0 Å². The maximum atomic E-state index is 13.0. The number of amides is 1. The third kappa shape index (κ3) is 4.95. The highest BCUT2D eigenvalue weighted by Crippen LogP contribution is 2.34. The summed E-state index contributed by atoms with van der Waals surface area (Å²) >= 11 is 0. The van der Waals surface area contributed by atoms with Crippen LogP contribution in [0.25, 0.3) is 6.08 Å². The Labute approximate surface area is 152 Å². The molecule has 0 spiro atoms. The zero-order chi connectivity index (χ0) is 20.0. The molecule has 0 fully saturated rings. The van der Waals surface area contributed by atoms with E-state index in [4.69, 9.17) is 0 Å². The first-order valence-electron chi connectivity index (χ1n) is 7.54. The predicted octanol–water partition coefficient (Wildman–Crippen LogP) is 4.04. The number of ether oxygens (including phenoxy) is 1. The summed E-state index contributed by atoms with van der Waals surface area (Å²) in [5.74, 6) is -1.53. The Balaban J connectivity index is 2.26. The Hall–Kier alpha value is -3.60. The molecular weight excluding hydrogens is 361 g/mol. The van der Waals surface area contributed by atoms with Gasteiger partial charge in [-0.3, -0.25) is 4.79 Å². The molecule has 5 nitrogen and oxygen atoms in total. The molecule has 0 bridgehead atoms. The standard InChI is InChI=1S/C19H13F3N2O3/c1-27-18(26)13-8-6-12(7-9-13)10-14(11-23)17(25)24-16-5-3-2-4-15(16)19(20,21)22/h2-10H,1H3,(H,24,25)/b14-10-. The third-order valence-corrected chi connectivity index (χ3v) is 3.49.